The second kappa shape index (κ2) is 8.39. The first-order valence-corrected chi connectivity index (χ1v) is 12.9. The average molecular weight is 468 g/mol. The first-order valence-electron chi connectivity index (χ1n) is 10.6. The molecule has 7 heteroatoms. The van der Waals surface area contributed by atoms with Crippen LogP contribution in [0.25, 0.3) is 6.08 Å². The molecular formula is C25H25NO4S2. The van der Waals surface area contributed by atoms with Crippen LogP contribution in [-0.4, -0.2) is 33.5 Å². The van der Waals surface area contributed by atoms with Gasteiger partial charge < -0.3 is 9.47 Å². The van der Waals surface area contributed by atoms with Crippen molar-refractivity contribution in [2.45, 2.75) is 25.3 Å². The van der Waals surface area contributed by atoms with Crippen LogP contribution in [0.1, 0.15) is 39.6 Å². The van der Waals surface area contributed by atoms with Crippen molar-refractivity contribution in [1.29, 1.82) is 0 Å². The molecule has 1 atom stereocenters. The summed E-state index contributed by atoms with van der Waals surface area (Å²) in [5.41, 5.74) is 4.24. The minimum absolute atomic E-state index is 0.387. The number of hydrogen-bond donors (Lipinski definition) is 0. The van der Waals surface area contributed by atoms with Gasteiger partial charge in [-0.15, -0.1) is 11.3 Å². The highest BCUT2D eigenvalue weighted by Gasteiger charge is 2.40. The quantitative estimate of drug-likeness (QED) is 0.528. The first-order chi connectivity index (χ1) is 15.5. The van der Waals surface area contributed by atoms with Crippen molar-refractivity contribution in [3.63, 3.8) is 0 Å². The predicted molar refractivity (Wildman–Crippen MR) is 128 cm³/mol. The van der Waals surface area contributed by atoms with Crippen molar-refractivity contribution < 1.29 is 17.9 Å². The number of benzene rings is 2. The summed E-state index contributed by atoms with van der Waals surface area (Å²) in [6.07, 6.45) is 3.73. The Hall–Kier alpha value is -2.61. The molecule has 3 aromatic rings. The van der Waals surface area contributed by atoms with Crippen molar-refractivity contribution >= 4 is 27.4 Å². The van der Waals surface area contributed by atoms with E-state index in [1.807, 2.05) is 53.9 Å². The molecule has 0 bridgehead atoms. The molecule has 32 heavy (non-hydrogen) atoms. The van der Waals surface area contributed by atoms with E-state index in [1.54, 1.807) is 29.9 Å². The van der Waals surface area contributed by atoms with E-state index in [9.17, 15) is 8.42 Å². The van der Waals surface area contributed by atoms with Gasteiger partial charge in [0.25, 0.3) is 0 Å². The van der Waals surface area contributed by atoms with Gasteiger partial charge in [-0.25, -0.2) is 8.42 Å². The van der Waals surface area contributed by atoms with E-state index < -0.39 is 10.0 Å². The van der Waals surface area contributed by atoms with E-state index in [0.29, 0.717) is 35.8 Å². The molecule has 2 heterocycles. The summed E-state index contributed by atoms with van der Waals surface area (Å²) < 4.78 is 40.6. The number of methoxy groups -OCH3 is 2. The highest BCUT2D eigenvalue weighted by molar-refractivity contribution is 7.93. The number of aryl methyl sites for hydroxylation is 1. The van der Waals surface area contributed by atoms with Crippen molar-refractivity contribution in [2.24, 2.45) is 0 Å². The molecule has 0 spiro atoms. The lowest BCUT2D eigenvalue weighted by Crippen LogP contribution is -2.41. The van der Waals surface area contributed by atoms with Crippen molar-refractivity contribution in [3.8, 4) is 11.5 Å². The van der Waals surface area contributed by atoms with E-state index in [2.05, 4.69) is 6.07 Å². The summed E-state index contributed by atoms with van der Waals surface area (Å²) >= 11 is 1.57. The molecule has 1 aromatic heterocycles. The third-order valence-corrected chi connectivity index (χ3v) is 9.21. The van der Waals surface area contributed by atoms with Crippen LogP contribution in [0.4, 0.5) is 0 Å². The molecule has 166 valence electrons. The second-order valence-corrected chi connectivity index (χ2v) is 10.9. The van der Waals surface area contributed by atoms with Gasteiger partial charge in [-0.2, -0.15) is 4.31 Å². The molecule has 5 rings (SSSR count). The summed E-state index contributed by atoms with van der Waals surface area (Å²) in [4.78, 5) is 1.49. The minimum atomic E-state index is -3.65. The largest absolute Gasteiger partial charge is 0.493 e. The fourth-order valence-electron chi connectivity index (χ4n) is 4.68. The van der Waals surface area contributed by atoms with Crippen LogP contribution in [0.15, 0.2) is 58.8 Å². The van der Waals surface area contributed by atoms with Crippen LogP contribution >= 0.6 is 11.3 Å². The number of nitrogens with zero attached hydrogens (tertiary/aromatic N) is 1. The van der Waals surface area contributed by atoms with Crippen molar-refractivity contribution in [1.82, 2.24) is 4.31 Å². The van der Waals surface area contributed by atoms with Gasteiger partial charge in [0.2, 0.25) is 10.0 Å². The number of allylic oxidation sites excluding steroid dienone is 1. The van der Waals surface area contributed by atoms with Gasteiger partial charge in [0.1, 0.15) is 0 Å². The van der Waals surface area contributed by atoms with Gasteiger partial charge in [0.05, 0.1) is 25.2 Å². The molecule has 0 amide bonds. The third kappa shape index (κ3) is 3.54. The number of fused-ring (bicyclic) bond motifs is 2. The van der Waals surface area contributed by atoms with Gasteiger partial charge in [-0.05, 0) is 71.2 Å². The van der Waals surface area contributed by atoms with Gasteiger partial charge in [-0.3, -0.25) is 0 Å². The standard InChI is InChI=1S/C25H25NO4S2/c1-29-22-15-19-11-12-26(25(24-8-5-13-31-24)21(19)16-23(22)30-2)32(27,28)20-10-9-17-6-3-4-7-18(17)14-20/h3-8,13-16,25H,9-12H2,1-2H3/t25-/m1/s1. The lowest BCUT2D eigenvalue weighted by Gasteiger charge is -2.37. The van der Waals surface area contributed by atoms with Crippen LogP contribution in [-0.2, 0) is 22.9 Å². The van der Waals surface area contributed by atoms with Gasteiger partial charge in [-0.1, -0.05) is 30.3 Å². The zero-order chi connectivity index (χ0) is 22.3. The smallest absolute Gasteiger partial charge is 0.240 e. The summed E-state index contributed by atoms with van der Waals surface area (Å²) in [7, 11) is -0.430. The normalized spacial score (nSPS) is 18.4. The Morgan fingerprint density at radius 3 is 2.47 bits per heavy atom. The number of sulfonamides is 1. The zero-order valence-corrected chi connectivity index (χ0v) is 19.7. The second-order valence-electron chi connectivity index (χ2n) is 8.00. The number of thiophene rings is 1. The maximum Gasteiger partial charge on any atom is 0.240 e. The molecule has 0 radical (unpaired) electrons. The molecule has 5 nitrogen and oxygen atoms in total. The molecule has 1 aliphatic carbocycles. The summed E-state index contributed by atoms with van der Waals surface area (Å²) in [5, 5.41) is 1.99. The van der Waals surface area contributed by atoms with Crippen LogP contribution in [0, 0.1) is 0 Å². The van der Waals surface area contributed by atoms with Crippen LogP contribution in [0.5, 0.6) is 11.5 Å². The Morgan fingerprint density at radius 2 is 1.72 bits per heavy atom. The molecule has 0 saturated carbocycles. The Balaban J connectivity index is 1.62. The topological polar surface area (TPSA) is 55.8 Å². The van der Waals surface area contributed by atoms with E-state index in [1.165, 1.54) is 5.56 Å². The molecule has 2 aromatic carbocycles. The fourth-order valence-corrected chi connectivity index (χ4v) is 7.38. The maximum absolute atomic E-state index is 13.9. The van der Waals surface area contributed by atoms with Crippen LogP contribution in [0.2, 0.25) is 0 Å². The summed E-state index contributed by atoms with van der Waals surface area (Å²) in [5.74, 6) is 1.27. The predicted octanol–water partition coefficient (Wildman–Crippen LogP) is 5.03. The Morgan fingerprint density at radius 1 is 0.938 bits per heavy atom. The third-order valence-electron chi connectivity index (χ3n) is 6.29. The average Bonchev–Trinajstić information content (AvgIpc) is 3.36. The van der Waals surface area contributed by atoms with E-state index in [-0.39, 0.29) is 6.04 Å². The summed E-state index contributed by atoms with van der Waals surface area (Å²) in [6, 6.07) is 15.5. The maximum atomic E-state index is 13.9. The molecule has 0 saturated heterocycles. The van der Waals surface area contributed by atoms with E-state index in [0.717, 1.165) is 28.0 Å². The highest BCUT2D eigenvalue weighted by Crippen LogP contribution is 2.45. The molecule has 0 unspecified atom stereocenters. The van der Waals surface area contributed by atoms with Crippen molar-refractivity contribution in [3.05, 3.63) is 85.9 Å². The van der Waals surface area contributed by atoms with Gasteiger partial charge in [0, 0.05) is 11.4 Å². The lowest BCUT2D eigenvalue weighted by molar-refractivity contribution is 0.335. The first kappa shape index (κ1) is 21.2. The Labute approximate surface area is 193 Å². The molecule has 2 aliphatic rings. The summed E-state index contributed by atoms with van der Waals surface area (Å²) in [6.45, 7) is 0.423. The molecule has 0 N–H and O–H groups in total. The fraction of sp³-hybridized carbons (Fsp3) is 0.280. The SMILES string of the molecule is COc1cc2c(cc1OC)[C@H](c1cccs1)N(S(=O)(=O)C1=Cc3ccccc3CC1)CC2. The molecule has 1 aliphatic heterocycles. The zero-order valence-electron chi connectivity index (χ0n) is 18.1. The minimum Gasteiger partial charge on any atom is -0.493 e. The van der Waals surface area contributed by atoms with Gasteiger partial charge in [0.15, 0.2) is 11.5 Å². The van der Waals surface area contributed by atoms with Crippen molar-refractivity contribution in [2.75, 3.05) is 20.8 Å². The monoisotopic (exact) mass is 467 g/mol. The Kier molecular flexibility index (Phi) is 5.57. The number of hydrogen-bond acceptors (Lipinski definition) is 5. The number of rotatable bonds is 5. The lowest BCUT2D eigenvalue weighted by atomic mass is 9.92. The van der Waals surface area contributed by atoms with Gasteiger partial charge >= 0.3 is 0 Å². The van der Waals surface area contributed by atoms with Crippen LogP contribution < -0.4 is 9.47 Å². The number of ether oxygens (including phenoxy) is 2. The Bertz CT molecular complexity index is 1280. The van der Waals surface area contributed by atoms with Crippen LogP contribution in [0.3, 0.4) is 0 Å². The van der Waals surface area contributed by atoms with E-state index in [4.69, 9.17) is 9.47 Å². The van der Waals surface area contributed by atoms with E-state index >= 15 is 0 Å². The highest BCUT2D eigenvalue weighted by atomic mass is 32.2. The molecular weight excluding hydrogens is 442 g/mol. The molecule has 0 fully saturated rings.